The van der Waals surface area contributed by atoms with E-state index >= 15 is 0 Å². The van der Waals surface area contributed by atoms with Gasteiger partial charge in [-0.3, -0.25) is 5.43 Å². The van der Waals surface area contributed by atoms with Crippen molar-refractivity contribution in [1.29, 1.82) is 0 Å². The average Bonchev–Trinajstić information content (AvgIpc) is 3.05. The molecule has 2 aromatic rings. The van der Waals surface area contributed by atoms with E-state index in [1.54, 1.807) is 30.3 Å². The standard InChI is InChI=1S/C12H20N8O/c1-21-9-4-2-3-6-14-10-16-11(19-13)18-12(17-10)20-8-5-7-15-20/h5,7-8H,2-4,6,9,13H2,1H3,(H2,14,16,17,18,19). The number of nitrogens with one attached hydrogen (secondary N) is 2. The monoisotopic (exact) mass is 292 g/mol. The molecule has 0 unspecified atom stereocenters. The van der Waals surface area contributed by atoms with E-state index in [2.05, 4.69) is 30.8 Å². The second kappa shape index (κ2) is 8.12. The number of nitrogens with zero attached hydrogens (tertiary/aromatic N) is 5. The van der Waals surface area contributed by atoms with Crippen molar-refractivity contribution in [2.45, 2.75) is 19.3 Å². The van der Waals surface area contributed by atoms with Crippen LogP contribution in [0.3, 0.4) is 0 Å². The number of aromatic nitrogens is 5. The van der Waals surface area contributed by atoms with Gasteiger partial charge in [0.2, 0.25) is 11.9 Å². The van der Waals surface area contributed by atoms with E-state index in [0.29, 0.717) is 11.9 Å². The zero-order chi connectivity index (χ0) is 14.9. The first-order valence-corrected chi connectivity index (χ1v) is 6.79. The van der Waals surface area contributed by atoms with Crippen LogP contribution in [0.25, 0.3) is 5.95 Å². The Kier molecular flexibility index (Phi) is 5.85. The normalized spacial score (nSPS) is 10.6. The van der Waals surface area contributed by atoms with Crippen LogP contribution in [-0.2, 0) is 4.74 Å². The minimum atomic E-state index is 0.289. The minimum Gasteiger partial charge on any atom is -0.385 e. The lowest BCUT2D eigenvalue weighted by molar-refractivity contribution is 0.192. The molecule has 114 valence electrons. The fourth-order valence-corrected chi connectivity index (χ4v) is 1.75. The van der Waals surface area contributed by atoms with E-state index in [0.717, 1.165) is 32.4 Å². The highest BCUT2D eigenvalue weighted by Gasteiger charge is 2.07. The summed E-state index contributed by atoms with van der Waals surface area (Å²) in [5.41, 5.74) is 2.43. The van der Waals surface area contributed by atoms with E-state index in [4.69, 9.17) is 10.6 Å². The van der Waals surface area contributed by atoms with Gasteiger partial charge in [0.25, 0.3) is 5.95 Å². The van der Waals surface area contributed by atoms with Gasteiger partial charge in [0.05, 0.1) is 0 Å². The van der Waals surface area contributed by atoms with Crippen LogP contribution in [0.2, 0.25) is 0 Å². The number of hydrogen-bond acceptors (Lipinski definition) is 8. The third-order valence-electron chi connectivity index (χ3n) is 2.77. The van der Waals surface area contributed by atoms with Gasteiger partial charge in [-0.1, -0.05) is 0 Å². The van der Waals surface area contributed by atoms with Crippen molar-refractivity contribution in [3.63, 3.8) is 0 Å². The van der Waals surface area contributed by atoms with Crippen molar-refractivity contribution < 1.29 is 4.74 Å². The molecule has 2 heterocycles. The molecule has 0 aromatic carbocycles. The minimum absolute atomic E-state index is 0.289. The van der Waals surface area contributed by atoms with Crippen LogP contribution < -0.4 is 16.6 Å². The molecule has 4 N–H and O–H groups in total. The third-order valence-corrected chi connectivity index (χ3v) is 2.77. The second-order valence-electron chi connectivity index (χ2n) is 4.36. The first-order valence-electron chi connectivity index (χ1n) is 6.79. The van der Waals surface area contributed by atoms with Gasteiger partial charge in [-0.15, -0.1) is 0 Å². The first kappa shape index (κ1) is 15.1. The summed E-state index contributed by atoms with van der Waals surface area (Å²) in [6.07, 6.45) is 6.55. The van der Waals surface area contributed by atoms with Crippen molar-refractivity contribution >= 4 is 11.9 Å². The zero-order valence-electron chi connectivity index (χ0n) is 12.0. The molecule has 9 heteroatoms. The van der Waals surface area contributed by atoms with Crippen LogP contribution in [0.4, 0.5) is 11.9 Å². The summed E-state index contributed by atoms with van der Waals surface area (Å²) < 4.78 is 6.56. The third kappa shape index (κ3) is 4.65. The van der Waals surface area contributed by atoms with Gasteiger partial charge in [0, 0.05) is 32.7 Å². The highest BCUT2D eigenvalue weighted by molar-refractivity contribution is 5.36. The molecule has 21 heavy (non-hydrogen) atoms. The summed E-state index contributed by atoms with van der Waals surface area (Å²) >= 11 is 0. The molecule has 0 saturated carbocycles. The molecule has 0 radical (unpaired) electrons. The van der Waals surface area contributed by atoms with Crippen LogP contribution in [0.15, 0.2) is 18.5 Å². The molecule has 2 rings (SSSR count). The largest absolute Gasteiger partial charge is 0.385 e. The maximum absolute atomic E-state index is 5.38. The molecule has 0 amide bonds. The summed E-state index contributed by atoms with van der Waals surface area (Å²) in [6.45, 7) is 1.56. The van der Waals surface area contributed by atoms with E-state index in [-0.39, 0.29) is 5.95 Å². The van der Waals surface area contributed by atoms with E-state index < -0.39 is 0 Å². The number of rotatable bonds is 9. The van der Waals surface area contributed by atoms with Crippen LogP contribution in [0, 0.1) is 0 Å². The maximum Gasteiger partial charge on any atom is 0.257 e. The van der Waals surface area contributed by atoms with Gasteiger partial charge in [-0.2, -0.15) is 20.1 Å². The molecule has 0 spiro atoms. The fraction of sp³-hybridized carbons (Fsp3) is 0.500. The lowest BCUT2D eigenvalue weighted by atomic mass is 10.2. The summed E-state index contributed by atoms with van der Waals surface area (Å²) in [5, 5.41) is 7.25. The lowest BCUT2D eigenvalue weighted by Crippen LogP contribution is -2.16. The van der Waals surface area contributed by atoms with E-state index in [9.17, 15) is 0 Å². The van der Waals surface area contributed by atoms with Crippen LogP contribution in [-0.4, -0.2) is 45.0 Å². The Morgan fingerprint density at radius 1 is 1.19 bits per heavy atom. The number of nitrogen functional groups attached to an aromatic ring is 1. The SMILES string of the molecule is COCCCCCNc1nc(NN)nc(-n2cccn2)n1. The van der Waals surface area contributed by atoms with Crippen LogP contribution in [0.5, 0.6) is 0 Å². The van der Waals surface area contributed by atoms with Crippen LogP contribution >= 0.6 is 0 Å². The Bertz CT molecular complexity index is 530. The number of methoxy groups -OCH3 is 1. The van der Waals surface area contributed by atoms with Gasteiger partial charge < -0.3 is 10.1 Å². The van der Waals surface area contributed by atoms with Crippen molar-refractivity contribution in [2.24, 2.45) is 5.84 Å². The predicted molar refractivity (Wildman–Crippen MR) is 79.0 cm³/mol. The number of unbranched alkanes of at least 4 members (excludes halogenated alkanes) is 2. The van der Waals surface area contributed by atoms with E-state index in [1.165, 1.54) is 0 Å². The Labute approximate surface area is 122 Å². The van der Waals surface area contributed by atoms with Crippen molar-refractivity contribution in [2.75, 3.05) is 31.0 Å². The van der Waals surface area contributed by atoms with Gasteiger partial charge in [0.1, 0.15) is 0 Å². The number of hydrogen-bond donors (Lipinski definition) is 3. The molecule has 0 aliphatic carbocycles. The number of nitrogens with two attached hydrogens (primary N) is 1. The van der Waals surface area contributed by atoms with E-state index in [1.807, 2.05) is 0 Å². The number of anilines is 2. The van der Waals surface area contributed by atoms with Gasteiger partial charge in [-0.25, -0.2) is 10.5 Å². The number of hydrazine groups is 1. The van der Waals surface area contributed by atoms with Gasteiger partial charge >= 0.3 is 0 Å². The zero-order valence-corrected chi connectivity index (χ0v) is 12.0. The summed E-state index contributed by atoms with van der Waals surface area (Å²) in [4.78, 5) is 12.6. The summed E-state index contributed by atoms with van der Waals surface area (Å²) in [5.74, 6) is 6.54. The molecular formula is C12H20N8O. The van der Waals surface area contributed by atoms with Gasteiger partial charge in [0.15, 0.2) is 0 Å². The number of ether oxygens (including phenoxy) is 1. The fourth-order valence-electron chi connectivity index (χ4n) is 1.75. The highest BCUT2D eigenvalue weighted by atomic mass is 16.5. The van der Waals surface area contributed by atoms with Crippen LogP contribution in [0.1, 0.15) is 19.3 Å². The molecule has 0 aliphatic heterocycles. The molecule has 2 aromatic heterocycles. The predicted octanol–water partition coefficient (Wildman–Crippen LogP) is 0.572. The highest BCUT2D eigenvalue weighted by Crippen LogP contribution is 2.08. The Morgan fingerprint density at radius 3 is 2.76 bits per heavy atom. The second-order valence-corrected chi connectivity index (χ2v) is 4.36. The first-order chi connectivity index (χ1) is 10.3. The summed E-state index contributed by atoms with van der Waals surface area (Å²) in [7, 11) is 1.71. The lowest BCUT2D eigenvalue weighted by Gasteiger charge is -2.08. The Morgan fingerprint density at radius 2 is 2.05 bits per heavy atom. The molecular weight excluding hydrogens is 272 g/mol. The smallest absolute Gasteiger partial charge is 0.257 e. The summed E-state index contributed by atoms with van der Waals surface area (Å²) in [6, 6.07) is 1.79. The molecule has 0 fully saturated rings. The van der Waals surface area contributed by atoms with Crippen molar-refractivity contribution in [3.05, 3.63) is 18.5 Å². The molecule has 0 aliphatic rings. The van der Waals surface area contributed by atoms with Gasteiger partial charge in [-0.05, 0) is 25.3 Å². The Balaban J connectivity index is 1.94. The topological polar surface area (TPSA) is 116 Å². The molecule has 0 bridgehead atoms. The maximum atomic E-state index is 5.38. The van der Waals surface area contributed by atoms with Crippen molar-refractivity contribution in [1.82, 2.24) is 24.7 Å². The Hall–Kier alpha value is -2.26. The van der Waals surface area contributed by atoms with Crippen molar-refractivity contribution in [3.8, 4) is 5.95 Å². The molecule has 9 nitrogen and oxygen atoms in total. The molecule has 0 atom stereocenters. The quantitative estimate of drug-likeness (QED) is 0.349. The molecule has 0 saturated heterocycles. The average molecular weight is 292 g/mol.